The Labute approximate surface area is 271 Å². The number of carbonyl (C=O) groups excluding carboxylic acids is 2. The third-order valence-electron chi connectivity index (χ3n) is 9.91. The number of ether oxygens (including phenoxy) is 4. The average Bonchev–Trinajstić information content (AvgIpc) is 3.15. The molecule has 1 saturated carbocycles. The normalized spacial score (nSPS) is 34.5. The quantitative estimate of drug-likeness (QED) is 0.192. The number of nitrogens with zero attached hydrogens (tertiary/aromatic N) is 1. The lowest BCUT2D eigenvalue weighted by Gasteiger charge is -2.60. The summed E-state index contributed by atoms with van der Waals surface area (Å²) in [6, 6.07) is 0. The summed E-state index contributed by atoms with van der Waals surface area (Å²) in [5.41, 5.74) is -1.58. The second-order valence-corrected chi connectivity index (χ2v) is 16.0. The van der Waals surface area contributed by atoms with Gasteiger partial charge < -0.3 is 34.5 Å². The lowest BCUT2D eigenvalue weighted by molar-refractivity contribution is -0.571. The van der Waals surface area contributed by atoms with Crippen LogP contribution in [0.1, 0.15) is 114 Å². The molecule has 1 aliphatic carbocycles. The first-order valence-corrected chi connectivity index (χ1v) is 17.4. The van der Waals surface area contributed by atoms with Crippen LogP contribution < -0.4 is 10.6 Å². The molecule has 4 aliphatic heterocycles. The van der Waals surface area contributed by atoms with Gasteiger partial charge >= 0.3 is 12.2 Å². The van der Waals surface area contributed by atoms with E-state index >= 15 is 0 Å². The van der Waals surface area contributed by atoms with Crippen molar-refractivity contribution in [1.82, 2.24) is 15.5 Å². The van der Waals surface area contributed by atoms with Crippen LogP contribution in [0.2, 0.25) is 0 Å². The van der Waals surface area contributed by atoms with E-state index in [1.807, 2.05) is 48.5 Å². The summed E-state index contributed by atoms with van der Waals surface area (Å²) < 4.78 is 24.1. The lowest BCUT2D eigenvalue weighted by Crippen LogP contribution is -2.70. The van der Waals surface area contributed by atoms with Gasteiger partial charge in [0.05, 0.1) is 6.10 Å². The number of hydrogen-bond donors (Lipinski definition) is 2. The van der Waals surface area contributed by atoms with E-state index in [0.717, 1.165) is 64.6 Å². The van der Waals surface area contributed by atoms with Crippen LogP contribution in [-0.2, 0) is 28.7 Å². The highest BCUT2D eigenvalue weighted by Crippen LogP contribution is 2.60. The maximum absolute atomic E-state index is 12.1. The number of fused-ring (bicyclic) bond motifs is 2. The molecule has 8 atom stereocenters. The van der Waals surface area contributed by atoms with Crippen molar-refractivity contribution in [1.29, 1.82) is 0 Å². The van der Waals surface area contributed by atoms with E-state index in [2.05, 4.69) is 29.4 Å². The van der Waals surface area contributed by atoms with Gasteiger partial charge in [0.2, 0.25) is 5.79 Å². The Kier molecular flexibility index (Phi) is 11.8. The summed E-state index contributed by atoms with van der Waals surface area (Å²) in [5, 5.41) is 5.74. The van der Waals surface area contributed by atoms with Gasteiger partial charge in [-0.1, -0.05) is 13.8 Å². The first-order chi connectivity index (χ1) is 21.0. The molecule has 45 heavy (non-hydrogen) atoms. The third-order valence-corrected chi connectivity index (χ3v) is 9.91. The van der Waals surface area contributed by atoms with Crippen molar-refractivity contribution < 1.29 is 38.3 Å². The van der Waals surface area contributed by atoms with Crippen molar-refractivity contribution in [3.05, 3.63) is 0 Å². The molecule has 260 valence electrons. The van der Waals surface area contributed by atoms with E-state index < -0.39 is 35.0 Å². The zero-order chi connectivity index (χ0) is 33.0. The average molecular weight is 640 g/mol. The van der Waals surface area contributed by atoms with Gasteiger partial charge in [-0.3, -0.25) is 0 Å². The molecule has 0 radical (unpaired) electrons. The predicted octanol–water partition coefficient (Wildman–Crippen LogP) is 6.15. The Morgan fingerprint density at radius 2 is 1.44 bits per heavy atom. The highest BCUT2D eigenvalue weighted by Gasteiger charge is 2.69. The van der Waals surface area contributed by atoms with E-state index in [0.29, 0.717) is 36.8 Å². The molecule has 0 unspecified atom stereocenters. The molecule has 5 fully saturated rings. The first kappa shape index (κ1) is 36.2. The predicted molar refractivity (Wildman–Crippen MR) is 170 cm³/mol. The molecule has 1 spiro atoms. The zero-order valence-electron chi connectivity index (χ0n) is 29.4. The van der Waals surface area contributed by atoms with Crippen LogP contribution in [-0.4, -0.2) is 84.8 Å². The molecule has 5 rings (SSSR count). The van der Waals surface area contributed by atoms with Gasteiger partial charge in [0.25, 0.3) is 0 Å². The molecule has 4 saturated heterocycles. The maximum atomic E-state index is 12.1. The largest absolute Gasteiger partial charge is 0.444 e. The Morgan fingerprint density at radius 1 is 0.822 bits per heavy atom. The van der Waals surface area contributed by atoms with Gasteiger partial charge in [-0.05, 0) is 124 Å². The zero-order valence-corrected chi connectivity index (χ0v) is 29.4. The van der Waals surface area contributed by atoms with E-state index in [9.17, 15) is 9.59 Å². The van der Waals surface area contributed by atoms with Crippen LogP contribution >= 0.6 is 0 Å². The molecule has 11 nitrogen and oxygen atoms in total. The third kappa shape index (κ3) is 9.46. The van der Waals surface area contributed by atoms with Gasteiger partial charge in [-0.15, -0.1) is 0 Å². The highest BCUT2D eigenvalue weighted by atomic mass is 17.3. The van der Waals surface area contributed by atoms with E-state index in [-0.39, 0.29) is 12.2 Å². The first-order valence-electron chi connectivity index (χ1n) is 17.4. The number of alkyl carbamates (subject to hydrolysis) is 2. The molecule has 2 N–H and O–H groups in total. The molecule has 5 aliphatic rings. The van der Waals surface area contributed by atoms with Crippen LogP contribution in [0.3, 0.4) is 0 Å². The van der Waals surface area contributed by atoms with Gasteiger partial charge in [0.1, 0.15) is 11.2 Å². The molecular formula is C34H61N3O8. The fourth-order valence-electron chi connectivity index (χ4n) is 7.73. The number of nitrogens with one attached hydrogen (secondary N) is 2. The monoisotopic (exact) mass is 639 g/mol. The minimum atomic E-state index is -0.775. The summed E-state index contributed by atoms with van der Waals surface area (Å²) in [7, 11) is 0. The van der Waals surface area contributed by atoms with Crippen LogP contribution in [0.4, 0.5) is 9.59 Å². The fourth-order valence-corrected chi connectivity index (χ4v) is 7.73. The highest BCUT2D eigenvalue weighted by molar-refractivity contribution is 5.67. The topological polar surface area (TPSA) is 117 Å². The van der Waals surface area contributed by atoms with E-state index in [4.69, 9.17) is 28.7 Å². The minimum absolute atomic E-state index is 0.0439. The summed E-state index contributed by atoms with van der Waals surface area (Å²) in [6.07, 6.45) is 6.41. The number of unbranched alkanes of at least 4 members (excludes halogenated alkanes) is 1. The Bertz CT molecular complexity index is 999. The van der Waals surface area contributed by atoms with Crippen molar-refractivity contribution in [3.8, 4) is 0 Å². The summed E-state index contributed by atoms with van der Waals surface area (Å²) in [5.74, 6) is 0.745. The van der Waals surface area contributed by atoms with Gasteiger partial charge in [0, 0.05) is 32.0 Å². The number of amides is 2. The molecule has 0 aromatic heterocycles. The van der Waals surface area contributed by atoms with Crippen LogP contribution in [0.25, 0.3) is 0 Å². The summed E-state index contributed by atoms with van der Waals surface area (Å²) in [6.45, 7) is 21.5. The number of rotatable bonds is 12. The molecule has 0 aromatic rings. The fraction of sp³-hybridized carbons (Fsp3) is 0.941. The van der Waals surface area contributed by atoms with Crippen molar-refractivity contribution in [2.24, 2.45) is 23.7 Å². The maximum Gasteiger partial charge on any atom is 0.407 e. The Morgan fingerprint density at radius 3 is 2.09 bits per heavy atom. The lowest BCUT2D eigenvalue weighted by atomic mass is 9.57. The van der Waals surface area contributed by atoms with Crippen LogP contribution in [0.15, 0.2) is 0 Å². The van der Waals surface area contributed by atoms with Crippen molar-refractivity contribution in [2.45, 2.75) is 149 Å². The molecule has 0 aromatic carbocycles. The van der Waals surface area contributed by atoms with E-state index in [1.54, 1.807) is 0 Å². The smallest absolute Gasteiger partial charge is 0.407 e. The molecule has 4 heterocycles. The Hall–Kier alpha value is -1.66. The van der Waals surface area contributed by atoms with Crippen LogP contribution in [0, 0.1) is 23.7 Å². The summed E-state index contributed by atoms with van der Waals surface area (Å²) >= 11 is 0. The molecule has 2 amide bonds. The van der Waals surface area contributed by atoms with E-state index in [1.165, 1.54) is 6.42 Å². The van der Waals surface area contributed by atoms with Crippen molar-refractivity contribution >= 4 is 12.2 Å². The van der Waals surface area contributed by atoms with Crippen LogP contribution in [0.5, 0.6) is 0 Å². The summed E-state index contributed by atoms with van der Waals surface area (Å²) in [4.78, 5) is 38.9. The standard InChI is InChI=1S/C34H61N3O8/c1-23-13-14-26-24(2)27(40-28-34(26)25(23)15-17-33(9,41-28)44-45-34)16-22-37(21-12-19-36-30(39)43-32(6,7)8)20-11-10-18-35-29(38)42-31(3,4)5/h23-28H,10-22H2,1-9H3,(H,35,38)(H,36,39)/t23-,24-,25+,26+,27-,28-,33-,34-/m1/s1. The second-order valence-electron chi connectivity index (χ2n) is 16.0. The van der Waals surface area contributed by atoms with Crippen molar-refractivity contribution in [2.75, 3.05) is 32.7 Å². The number of carbonyl (C=O) groups is 2. The molecule has 11 heteroatoms. The van der Waals surface area contributed by atoms with Gasteiger partial charge in [-0.25, -0.2) is 19.4 Å². The minimum Gasteiger partial charge on any atom is -0.444 e. The van der Waals surface area contributed by atoms with Crippen molar-refractivity contribution in [3.63, 3.8) is 0 Å². The SMILES string of the molecule is C[C@H]1[C@@H](CCN(CCCCNC(=O)OC(C)(C)C)CCCNC(=O)OC(C)(C)C)O[C@@H]2O[C@@]3(C)CC[C@H]4[C@H](C)CC[C@@H]1[C@@]24OO3. The molecule has 2 bridgehead atoms. The second kappa shape index (κ2) is 14.6. The van der Waals surface area contributed by atoms with Gasteiger partial charge in [0.15, 0.2) is 11.9 Å². The molecular weight excluding hydrogens is 578 g/mol. The Balaban J connectivity index is 1.33. The number of hydrogen-bond acceptors (Lipinski definition) is 9. The van der Waals surface area contributed by atoms with Gasteiger partial charge in [-0.2, -0.15) is 0 Å².